The smallest absolute Gasteiger partial charge is 0.407 e. The molecule has 0 aromatic heterocycles. The summed E-state index contributed by atoms with van der Waals surface area (Å²) < 4.78 is 5.53. The number of hydrogen-bond donors (Lipinski definition) is 3. The molecule has 2 aromatic carbocycles. The molecule has 2 aromatic rings. The molecule has 0 spiro atoms. The molecule has 32 heavy (non-hydrogen) atoms. The minimum absolute atomic E-state index is 0.0518. The van der Waals surface area contributed by atoms with Crippen molar-refractivity contribution in [2.45, 2.75) is 45.1 Å². The maximum Gasteiger partial charge on any atom is 0.407 e. The number of alkyl carbamates (subject to hydrolysis) is 1. The van der Waals surface area contributed by atoms with Crippen LogP contribution < -0.4 is 10.6 Å². The van der Waals surface area contributed by atoms with Crippen molar-refractivity contribution in [3.63, 3.8) is 0 Å². The summed E-state index contributed by atoms with van der Waals surface area (Å²) in [6.07, 6.45) is 0.849. The number of aliphatic carboxylic acids is 1. The Morgan fingerprint density at radius 1 is 1.00 bits per heavy atom. The molecule has 7 nitrogen and oxygen atoms in total. The minimum Gasteiger partial charge on any atom is -0.481 e. The average molecular weight is 439 g/mol. The Morgan fingerprint density at radius 2 is 1.59 bits per heavy atom. The summed E-state index contributed by atoms with van der Waals surface area (Å²) >= 11 is 0. The molecule has 1 unspecified atom stereocenters. The van der Waals surface area contributed by atoms with Crippen molar-refractivity contribution in [3.8, 4) is 11.1 Å². The second-order valence-electron chi connectivity index (χ2n) is 8.13. The molecule has 0 heterocycles. The van der Waals surface area contributed by atoms with Gasteiger partial charge in [0.05, 0.1) is 5.92 Å². The lowest BCUT2D eigenvalue weighted by atomic mass is 9.98. The highest BCUT2D eigenvalue weighted by atomic mass is 16.5. The molecule has 0 saturated heterocycles. The van der Waals surface area contributed by atoms with Crippen LogP contribution in [-0.4, -0.2) is 42.3 Å². The molecule has 2 amide bonds. The maximum absolute atomic E-state index is 12.5. The van der Waals surface area contributed by atoms with Crippen molar-refractivity contribution in [3.05, 3.63) is 59.7 Å². The van der Waals surface area contributed by atoms with Gasteiger partial charge < -0.3 is 20.5 Å². The molecular weight excluding hydrogens is 408 g/mol. The number of fused-ring (bicyclic) bond motifs is 3. The minimum atomic E-state index is -0.902. The fraction of sp³-hybridized carbons (Fsp3) is 0.400. The Balaban J connectivity index is 1.57. The molecular formula is C25H30N2O5. The zero-order valence-electron chi connectivity index (χ0n) is 18.5. The first kappa shape index (κ1) is 23.3. The lowest BCUT2D eigenvalue weighted by Gasteiger charge is -2.19. The van der Waals surface area contributed by atoms with Crippen LogP contribution in [0.25, 0.3) is 11.1 Å². The Labute approximate surface area is 188 Å². The zero-order chi connectivity index (χ0) is 23.1. The van der Waals surface area contributed by atoms with Gasteiger partial charge in [0.2, 0.25) is 5.91 Å². The van der Waals surface area contributed by atoms with Crippen LogP contribution >= 0.6 is 0 Å². The third kappa shape index (κ3) is 5.46. The number of ether oxygens (including phenoxy) is 1. The first-order valence-corrected chi connectivity index (χ1v) is 11.0. The quantitative estimate of drug-likeness (QED) is 0.521. The third-order valence-corrected chi connectivity index (χ3v) is 5.83. The molecule has 1 aliphatic rings. The van der Waals surface area contributed by atoms with E-state index >= 15 is 0 Å². The Hall–Kier alpha value is -3.35. The number of benzene rings is 2. The summed E-state index contributed by atoms with van der Waals surface area (Å²) in [5, 5.41) is 14.3. The molecule has 0 fully saturated rings. The van der Waals surface area contributed by atoms with E-state index in [2.05, 4.69) is 22.8 Å². The van der Waals surface area contributed by atoms with Gasteiger partial charge in [-0.3, -0.25) is 9.59 Å². The molecule has 0 saturated carbocycles. The van der Waals surface area contributed by atoms with E-state index in [4.69, 9.17) is 9.84 Å². The maximum atomic E-state index is 12.5. The van der Waals surface area contributed by atoms with Gasteiger partial charge in [-0.15, -0.1) is 0 Å². The van der Waals surface area contributed by atoms with E-state index in [9.17, 15) is 14.4 Å². The van der Waals surface area contributed by atoms with Crippen molar-refractivity contribution in [1.82, 2.24) is 10.6 Å². The summed E-state index contributed by atoms with van der Waals surface area (Å²) in [6.45, 7) is 3.93. The number of carbonyl (C=O) groups excluding carboxylic acids is 2. The van der Waals surface area contributed by atoms with E-state index in [1.165, 1.54) is 0 Å². The molecule has 0 aliphatic heterocycles. The van der Waals surface area contributed by atoms with Gasteiger partial charge in [-0.25, -0.2) is 4.79 Å². The van der Waals surface area contributed by atoms with Gasteiger partial charge in [0.15, 0.2) is 0 Å². The number of carboxylic acids is 1. The van der Waals surface area contributed by atoms with Crippen molar-refractivity contribution in [1.29, 1.82) is 0 Å². The van der Waals surface area contributed by atoms with Gasteiger partial charge in [-0.1, -0.05) is 68.8 Å². The van der Waals surface area contributed by atoms with Crippen molar-refractivity contribution in [2.75, 3.05) is 13.2 Å². The molecule has 170 valence electrons. The highest BCUT2D eigenvalue weighted by molar-refractivity contribution is 5.85. The van der Waals surface area contributed by atoms with E-state index in [1.54, 1.807) is 6.92 Å². The van der Waals surface area contributed by atoms with Crippen LogP contribution in [0.4, 0.5) is 4.79 Å². The Morgan fingerprint density at radius 3 is 2.16 bits per heavy atom. The van der Waals surface area contributed by atoms with Crippen LogP contribution in [-0.2, 0) is 14.3 Å². The number of amides is 2. The van der Waals surface area contributed by atoms with Gasteiger partial charge in [0.1, 0.15) is 12.6 Å². The number of carboxylic acid groups (broad SMARTS) is 1. The number of hydrogen-bond acceptors (Lipinski definition) is 4. The normalized spacial score (nSPS) is 14.1. The second kappa shape index (κ2) is 10.8. The fourth-order valence-electron chi connectivity index (χ4n) is 4.00. The lowest BCUT2D eigenvalue weighted by molar-refractivity contribution is -0.141. The first-order chi connectivity index (χ1) is 15.4. The molecule has 1 aliphatic carbocycles. The first-order valence-electron chi connectivity index (χ1n) is 11.0. The second-order valence-corrected chi connectivity index (χ2v) is 8.13. The van der Waals surface area contributed by atoms with Crippen molar-refractivity contribution in [2.24, 2.45) is 5.92 Å². The van der Waals surface area contributed by atoms with Gasteiger partial charge >= 0.3 is 12.1 Å². The molecule has 3 rings (SSSR count). The van der Waals surface area contributed by atoms with Gasteiger partial charge in [-0.05, 0) is 35.1 Å². The average Bonchev–Trinajstić information content (AvgIpc) is 3.11. The van der Waals surface area contributed by atoms with Gasteiger partial charge in [0.25, 0.3) is 0 Å². The Kier molecular flexibility index (Phi) is 7.87. The molecule has 7 heteroatoms. The molecule has 3 N–H and O–H groups in total. The highest BCUT2D eigenvalue weighted by Crippen LogP contribution is 2.44. The van der Waals surface area contributed by atoms with Gasteiger partial charge in [0, 0.05) is 12.5 Å². The standard InChI is InChI=1S/C25H30N2O5/c1-3-8-22(23(28)26-14-13-16(2)24(29)30)27-25(31)32-15-21-19-11-6-4-9-17(19)18-10-5-7-12-20(18)21/h4-7,9-12,16,21-22H,3,8,13-15H2,1-2H3,(H,26,28)(H,27,31)(H,29,30)/t16?,22-/m1/s1. The van der Waals surface area contributed by atoms with E-state index < -0.39 is 24.0 Å². The zero-order valence-corrected chi connectivity index (χ0v) is 18.5. The predicted molar refractivity (Wildman–Crippen MR) is 121 cm³/mol. The summed E-state index contributed by atoms with van der Waals surface area (Å²) in [4.78, 5) is 35.9. The summed E-state index contributed by atoms with van der Waals surface area (Å²) in [7, 11) is 0. The van der Waals surface area contributed by atoms with Crippen LogP contribution in [0.1, 0.15) is 50.2 Å². The van der Waals surface area contributed by atoms with Crippen LogP contribution in [0.3, 0.4) is 0 Å². The molecule has 0 radical (unpaired) electrons. The summed E-state index contributed by atoms with van der Waals surface area (Å²) in [6, 6.07) is 15.5. The number of rotatable bonds is 10. The van der Waals surface area contributed by atoms with E-state index in [0.717, 1.165) is 22.3 Å². The monoisotopic (exact) mass is 438 g/mol. The van der Waals surface area contributed by atoms with E-state index in [1.807, 2.05) is 43.3 Å². The van der Waals surface area contributed by atoms with Crippen LogP contribution in [0.5, 0.6) is 0 Å². The number of carbonyl (C=O) groups is 3. The van der Waals surface area contributed by atoms with E-state index in [0.29, 0.717) is 19.3 Å². The van der Waals surface area contributed by atoms with Crippen molar-refractivity contribution < 1.29 is 24.2 Å². The number of nitrogens with one attached hydrogen (secondary N) is 2. The summed E-state index contributed by atoms with van der Waals surface area (Å²) in [5.41, 5.74) is 4.54. The molecule has 0 bridgehead atoms. The predicted octanol–water partition coefficient (Wildman–Crippen LogP) is 3.92. The Bertz CT molecular complexity index is 929. The van der Waals surface area contributed by atoms with Crippen molar-refractivity contribution >= 4 is 18.0 Å². The van der Waals surface area contributed by atoms with Crippen LogP contribution in [0, 0.1) is 5.92 Å². The SMILES string of the molecule is CCC[C@@H](NC(=O)OCC1c2ccccc2-c2ccccc21)C(=O)NCCC(C)C(=O)O. The van der Waals surface area contributed by atoms with Crippen LogP contribution in [0.15, 0.2) is 48.5 Å². The fourth-order valence-corrected chi connectivity index (χ4v) is 4.00. The summed E-state index contributed by atoms with van der Waals surface area (Å²) in [5.74, 6) is -1.84. The van der Waals surface area contributed by atoms with Crippen LogP contribution in [0.2, 0.25) is 0 Å². The topological polar surface area (TPSA) is 105 Å². The third-order valence-electron chi connectivity index (χ3n) is 5.83. The van der Waals surface area contributed by atoms with Gasteiger partial charge in [-0.2, -0.15) is 0 Å². The largest absolute Gasteiger partial charge is 0.481 e. The lowest BCUT2D eigenvalue weighted by Crippen LogP contribution is -2.47. The van der Waals surface area contributed by atoms with E-state index in [-0.39, 0.29) is 25.0 Å². The molecule has 2 atom stereocenters. The highest BCUT2D eigenvalue weighted by Gasteiger charge is 2.29.